The quantitative estimate of drug-likeness (QED) is 0.812. The van der Waals surface area contributed by atoms with Gasteiger partial charge >= 0.3 is 0 Å². The van der Waals surface area contributed by atoms with Gasteiger partial charge in [-0.3, -0.25) is 9.59 Å². The van der Waals surface area contributed by atoms with Crippen LogP contribution in [0.1, 0.15) is 46.8 Å². The monoisotopic (exact) mass is 318 g/mol. The molecule has 116 valence electrons. The van der Waals surface area contributed by atoms with Crippen LogP contribution in [0, 0.1) is 6.92 Å². The zero-order valence-electron chi connectivity index (χ0n) is 12.9. The van der Waals surface area contributed by atoms with Gasteiger partial charge in [0.05, 0.1) is 23.9 Å². The molecular weight excluding hydrogens is 300 g/mol. The lowest BCUT2D eigenvalue weighted by atomic mass is 10.1. The number of fused-ring (bicyclic) bond motifs is 1. The lowest BCUT2D eigenvalue weighted by molar-refractivity contribution is -0.132. The van der Waals surface area contributed by atoms with E-state index in [1.165, 1.54) is 11.3 Å². The van der Waals surface area contributed by atoms with Gasteiger partial charge in [0.25, 0.3) is 0 Å². The molecule has 0 fully saturated rings. The third-order valence-electron chi connectivity index (χ3n) is 3.90. The van der Waals surface area contributed by atoms with Crippen molar-refractivity contribution in [3.05, 3.63) is 33.5 Å². The lowest BCUT2D eigenvalue weighted by Crippen LogP contribution is -2.41. The van der Waals surface area contributed by atoms with Crippen molar-refractivity contribution in [1.29, 1.82) is 0 Å². The summed E-state index contributed by atoms with van der Waals surface area (Å²) in [6.45, 7) is 6.69. The molecule has 0 bridgehead atoms. The minimum Gasteiger partial charge on any atom is -0.333 e. The van der Waals surface area contributed by atoms with Crippen molar-refractivity contribution in [2.45, 2.75) is 39.8 Å². The Labute approximate surface area is 132 Å². The number of amides is 1. The van der Waals surface area contributed by atoms with Crippen molar-refractivity contribution in [2.75, 3.05) is 6.54 Å². The zero-order chi connectivity index (χ0) is 15.9. The second-order valence-corrected chi connectivity index (χ2v) is 6.62. The van der Waals surface area contributed by atoms with Gasteiger partial charge in [0, 0.05) is 6.54 Å². The molecule has 1 amide bonds. The highest BCUT2D eigenvalue weighted by atomic mass is 32.1. The number of nitrogens with zero attached hydrogens (tertiary/aromatic N) is 4. The first kappa shape index (κ1) is 14.9. The predicted octanol–water partition coefficient (Wildman–Crippen LogP) is 2.00. The molecule has 2 aromatic heterocycles. The summed E-state index contributed by atoms with van der Waals surface area (Å²) in [6.07, 6.45) is 0.323. The molecule has 7 heteroatoms. The van der Waals surface area contributed by atoms with Gasteiger partial charge in [0.1, 0.15) is 5.82 Å². The number of carbonyl (C=O) groups is 2. The number of aryl methyl sites for hydroxylation is 1. The van der Waals surface area contributed by atoms with Gasteiger partial charge in [-0.2, -0.15) is 0 Å². The predicted molar refractivity (Wildman–Crippen MR) is 82.9 cm³/mol. The third-order valence-corrected chi connectivity index (χ3v) is 4.98. The largest absolute Gasteiger partial charge is 0.333 e. The van der Waals surface area contributed by atoms with Crippen LogP contribution < -0.4 is 0 Å². The molecule has 0 saturated heterocycles. The molecule has 0 aliphatic carbocycles. The Bertz CT molecular complexity index is 734. The summed E-state index contributed by atoms with van der Waals surface area (Å²) >= 11 is 1.39. The molecule has 1 aliphatic rings. The van der Waals surface area contributed by atoms with Crippen LogP contribution in [0.4, 0.5) is 0 Å². The summed E-state index contributed by atoms with van der Waals surface area (Å²) in [6, 6.07) is 1.99. The number of rotatable bonds is 3. The maximum atomic E-state index is 12.5. The highest BCUT2D eigenvalue weighted by Gasteiger charge is 2.28. The minimum absolute atomic E-state index is 0.0406. The fraction of sp³-hybridized carbons (Fsp3) is 0.467. The molecule has 3 heterocycles. The summed E-state index contributed by atoms with van der Waals surface area (Å²) in [5, 5.41) is 10.1. The molecule has 0 saturated carbocycles. The summed E-state index contributed by atoms with van der Waals surface area (Å²) in [5.74, 6) is 1.82. The van der Waals surface area contributed by atoms with E-state index in [1.54, 1.807) is 6.92 Å². The van der Waals surface area contributed by atoms with Crippen LogP contribution in [0.2, 0.25) is 0 Å². The zero-order valence-corrected chi connectivity index (χ0v) is 13.7. The first-order valence-electron chi connectivity index (χ1n) is 7.22. The molecule has 1 aliphatic heterocycles. The van der Waals surface area contributed by atoms with Crippen LogP contribution in [0.3, 0.4) is 0 Å². The normalized spacial score (nSPS) is 17.4. The molecule has 0 spiro atoms. The number of thiophene rings is 1. The van der Waals surface area contributed by atoms with Gasteiger partial charge in [-0.25, -0.2) is 0 Å². The van der Waals surface area contributed by atoms with Crippen LogP contribution in [0.15, 0.2) is 11.4 Å². The number of ketones is 1. The second-order valence-electron chi connectivity index (χ2n) is 5.71. The van der Waals surface area contributed by atoms with Crippen LogP contribution >= 0.6 is 11.3 Å². The van der Waals surface area contributed by atoms with E-state index in [1.807, 2.05) is 23.3 Å². The minimum atomic E-state index is 0.0406. The molecule has 0 aromatic carbocycles. The van der Waals surface area contributed by atoms with Gasteiger partial charge in [-0.1, -0.05) is 0 Å². The molecule has 6 nitrogen and oxygen atoms in total. The van der Waals surface area contributed by atoms with Crippen LogP contribution in [0.5, 0.6) is 0 Å². The molecule has 0 unspecified atom stereocenters. The van der Waals surface area contributed by atoms with Crippen molar-refractivity contribution in [3.63, 3.8) is 0 Å². The van der Waals surface area contributed by atoms with E-state index in [9.17, 15) is 9.59 Å². The smallest absolute Gasteiger partial charge is 0.227 e. The van der Waals surface area contributed by atoms with E-state index in [2.05, 4.69) is 21.7 Å². The summed E-state index contributed by atoms with van der Waals surface area (Å²) in [4.78, 5) is 26.3. The Hall–Kier alpha value is -2.02. The number of Topliss-reactive ketones (excluding diaryl/α,β-unsaturated/α-hetero) is 1. The van der Waals surface area contributed by atoms with Crippen molar-refractivity contribution < 1.29 is 9.59 Å². The standard InChI is InChI=1S/C15H18N4O2S/c1-9-6-18(7-14-17-16-11(3)19(9)14)15(21)5-12-4-13(10(2)20)22-8-12/h4,8-9H,5-7H2,1-3H3/t9-/m1/s1. The average Bonchev–Trinajstić information content (AvgIpc) is 3.06. The lowest BCUT2D eigenvalue weighted by Gasteiger charge is -2.32. The SMILES string of the molecule is CC(=O)c1cc(CC(=O)N2Cc3nnc(C)n3[C@H](C)C2)cs1. The molecule has 0 N–H and O–H groups in total. The highest BCUT2D eigenvalue weighted by molar-refractivity contribution is 7.12. The Morgan fingerprint density at radius 1 is 1.41 bits per heavy atom. The van der Waals surface area contributed by atoms with E-state index in [-0.39, 0.29) is 17.7 Å². The number of carbonyl (C=O) groups excluding carboxylic acids is 2. The van der Waals surface area contributed by atoms with E-state index < -0.39 is 0 Å². The molecule has 2 aromatic rings. The van der Waals surface area contributed by atoms with Crippen LogP contribution in [0.25, 0.3) is 0 Å². The first-order chi connectivity index (χ1) is 10.5. The van der Waals surface area contributed by atoms with Gasteiger partial charge in [0.15, 0.2) is 11.6 Å². The van der Waals surface area contributed by atoms with E-state index in [0.717, 1.165) is 17.2 Å². The van der Waals surface area contributed by atoms with E-state index in [0.29, 0.717) is 24.4 Å². The fourth-order valence-electron chi connectivity index (χ4n) is 2.86. The maximum Gasteiger partial charge on any atom is 0.227 e. The molecular formula is C15H18N4O2S. The Balaban J connectivity index is 1.72. The Morgan fingerprint density at radius 2 is 2.18 bits per heavy atom. The van der Waals surface area contributed by atoms with Crippen molar-refractivity contribution >= 4 is 23.0 Å². The number of hydrogen-bond donors (Lipinski definition) is 0. The molecule has 3 rings (SSSR count). The summed E-state index contributed by atoms with van der Waals surface area (Å²) in [7, 11) is 0. The van der Waals surface area contributed by atoms with Crippen LogP contribution in [-0.2, 0) is 17.8 Å². The van der Waals surface area contributed by atoms with Crippen molar-refractivity contribution in [3.8, 4) is 0 Å². The number of hydrogen-bond acceptors (Lipinski definition) is 5. The van der Waals surface area contributed by atoms with Gasteiger partial charge in [-0.15, -0.1) is 21.5 Å². The topological polar surface area (TPSA) is 68.1 Å². The van der Waals surface area contributed by atoms with Crippen molar-refractivity contribution in [2.24, 2.45) is 0 Å². The van der Waals surface area contributed by atoms with Gasteiger partial charge < -0.3 is 9.47 Å². The molecule has 1 atom stereocenters. The molecule has 0 radical (unpaired) electrons. The van der Waals surface area contributed by atoms with E-state index >= 15 is 0 Å². The van der Waals surface area contributed by atoms with Gasteiger partial charge in [0.2, 0.25) is 5.91 Å². The Morgan fingerprint density at radius 3 is 2.86 bits per heavy atom. The fourth-order valence-corrected chi connectivity index (χ4v) is 3.67. The van der Waals surface area contributed by atoms with Crippen molar-refractivity contribution in [1.82, 2.24) is 19.7 Å². The maximum absolute atomic E-state index is 12.5. The first-order valence-corrected chi connectivity index (χ1v) is 8.10. The van der Waals surface area contributed by atoms with Gasteiger partial charge in [-0.05, 0) is 37.8 Å². The van der Waals surface area contributed by atoms with Crippen LogP contribution in [-0.4, -0.2) is 37.9 Å². The molecule has 22 heavy (non-hydrogen) atoms. The summed E-state index contributed by atoms with van der Waals surface area (Å²) in [5.41, 5.74) is 0.899. The third kappa shape index (κ3) is 2.68. The Kier molecular flexibility index (Phi) is 3.82. The second kappa shape index (κ2) is 5.64. The highest BCUT2D eigenvalue weighted by Crippen LogP contribution is 2.22. The van der Waals surface area contributed by atoms with E-state index in [4.69, 9.17) is 0 Å². The number of aromatic nitrogens is 3. The average molecular weight is 318 g/mol. The summed E-state index contributed by atoms with van der Waals surface area (Å²) < 4.78 is 2.09.